The molecule has 1 amide bonds. The Morgan fingerprint density at radius 3 is 2.40 bits per heavy atom. The molecule has 1 saturated carbocycles. The van der Waals surface area contributed by atoms with Crippen LogP contribution in [0.3, 0.4) is 0 Å². The molecular weight excluding hydrogens is 483 g/mol. The van der Waals surface area contributed by atoms with E-state index in [0.29, 0.717) is 17.1 Å². The van der Waals surface area contributed by atoms with E-state index >= 15 is 0 Å². The minimum atomic E-state index is -4.13. The van der Waals surface area contributed by atoms with Gasteiger partial charge in [0, 0.05) is 31.0 Å². The Bertz CT molecular complexity index is 1080. The van der Waals surface area contributed by atoms with Crippen molar-refractivity contribution in [2.45, 2.75) is 62.5 Å². The summed E-state index contributed by atoms with van der Waals surface area (Å²) in [7, 11) is 0. The van der Waals surface area contributed by atoms with Crippen LogP contribution in [0.15, 0.2) is 30.5 Å². The van der Waals surface area contributed by atoms with Gasteiger partial charge in [0.1, 0.15) is 5.56 Å². The zero-order valence-corrected chi connectivity index (χ0v) is 20.2. The average molecular weight is 514 g/mol. The van der Waals surface area contributed by atoms with Gasteiger partial charge in [-0.15, -0.1) is 0 Å². The number of nitrogens with zero attached hydrogens (tertiary/aromatic N) is 3. The fourth-order valence-electron chi connectivity index (χ4n) is 5.12. The lowest BCUT2D eigenvalue weighted by molar-refractivity contribution is -0.215. The number of nitrogens with one attached hydrogen (secondary N) is 1. The molecule has 2 aliphatic rings. The number of carbonyl (C=O) groups excluding carboxylic acids is 1. The van der Waals surface area contributed by atoms with Crippen molar-refractivity contribution in [3.8, 4) is 0 Å². The third-order valence-corrected chi connectivity index (χ3v) is 7.99. The number of benzene rings is 1. The Labute approximate surface area is 204 Å². The van der Waals surface area contributed by atoms with Crippen LogP contribution in [-0.2, 0) is 22.4 Å². The molecule has 4 N–H and O–H groups in total. The minimum absolute atomic E-state index is 0.0236. The van der Waals surface area contributed by atoms with E-state index in [1.165, 1.54) is 0 Å². The molecule has 8 nitrogen and oxygen atoms in total. The summed E-state index contributed by atoms with van der Waals surface area (Å²) < 4.78 is 60.4. The van der Waals surface area contributed by atoms with Gasteiger partial charge in [0.25, 0.3) is 5.91 Å². The highest BCUT2D eigenvalue weighted by Crippen LogP contribution is 2.43. The molecule has 0 spiro atoms. The molecule has 1 unspecified atom stereocenters. The van der Waals surface area contributed by atoms with Gasteiger partial charge in [0.2, 0.25) is 0 Å². The van der Waals surface area contributed by atoms with Gasteiger partial charge in [-0.3, -0.25) is 14.4 Å². The molecule has 1 aliphatic carbocycles. The van der Waals surface area contributed by atoms with E-state index in [1.807, 2.05) is 11.8 Å². The molecule has 1 aromatic carbocycles. The van der Waals surface area contributed by atoms with Gasteiger partial charge >= 0.3 is 6.18 Å². The van der Waals surface area contributed by atoms with Crippen molar-refractivity contribution in [2.24, 2.45) is 11.7 Å². The normalized spacial score (nSPS) is 24.7. The number of carbonyl (C=O) groups is 1. The fourth-order valence-corrected chi connectivity index (χ4v) is 5.60. The smallest absolute Gasteiger partial charge is 0.365 e. The molecule has 1 atom stereocenters. The quantitative estimate of drug-likeness (QED) is 0.460. The van der Waals surface area contributed by atoms with Crippen LogP contribution in [0.25, 0.3) is 0 Å². The zero-order valence-electron chi connectivity index (χ0n) is 19.4. The van der Waals surface area contributed by atoms with Gasteiger partial charge in [-0.05, 0) is 49.8 Å². The molecule has 0 bridgehead atoms. The predicted octanol–water partition coefficient (Wildman–Crippen LogP) is 3.99. The second-order valence-corrected chi connectivity index (χ2v) is 10.4. The van der Waals surface area contributed by atoms with E-state index in [-0.39, 0.29) is 36.0 Å². The zero-order chi connectivity index (χ0) is 25.4. The van der Waals surface area contributed by atoms with Crippen molar-refractivity contribution >= 4 is 28.5 Å². The minimum Gasteiger partial charge on any atom is -0.365 e. The molecule has 0 radical (unpaired) electrons. The first-order chi connectivity index (χ1) is 16.5. The number of hydrogen-bond acceptors (Lipinski definition) is 5. The van der Waals surface area contributed by atoms with E-state index in [9.17, 15) is 22.2 Å². The Morgan fingerprint density at radius 2 is 1.89 bits per heavy atom. The highest BCUT2D eigenvalue weighted by atomic mass is 32.2. The van der Waals surface area contributed by atoms with Crippen LogP contribution < -0.4 is 11.1 Å². The molecule has 1 aliphatic heterocycles. The molecular formula is C23H30F3N5O3S. The number of aromatic nitrogens is 2. The predicted molar refractivity (Wildman–Crippen MR) is 127 cm³/mol. The standard InChI is InChI=1S/C23H30F3N5O3S/c1-2-22(9-7-18(8-10-22)30-11-16(12-30)23(24,25)26)31-13-19(20(27)32)21(29-31)28-17-5-3-15(4-6-17)14-35(33)34/h3-6,13,16,18H,2,7-12,14H2,1H3,(H2,27,32)(H,28,29)(H,33,34). The van der Waals surface area contributed by atoms with Crippen molar-refractivity contribution < 1.29 is 26.7 Å². The van der Waals surface area contributed by atoms with Crippen LogP contribution in [0.2, 0.25) is 0 Å². The SMILES string of the molecule is CCC1(n2cc(C(N)=O)c(Nc3ccc(CS(=O)O)cc3)n2)CCC(N2CC(C(F)(F)F)C2)CC1. The fraction of sp³-hybridized carbons (Fsp3) is 0.565. The monoisotopic (exact) mass is 513 g/mol. The number of halogens is 3. The number of anilines is 2. The van der Waals surface area contributed by atoms with E-state index in [1.54, 1.807) is 35.1 Å². The van der Waals surface area contributed by atoms with Gasteiger partial charge in [-0.2, -0.15) is 18.3 Å². The van der Waals surface area contributed by atoms with E-state index < -0.39 is 29.1 Å². The van der Waals surface area contributed by atoms with Gasteiger partial charge in [0.15, 0.2) is 16.9 Å². The summed E-state index contributed by atoms with van der Waals surface area (Å²) in [5.74, 6) is -1.50. The summed E-state index contributed by atoms with van der Waals surface area (Å²) in [6.45, 7) is 2.19. The van der Waals surface area contributed by atoms with Crippen LogP contribution in [-0.4, -0.2) is 54.7 Å². The Morgan fingerprint density at radius 1 is 1.26 bits per heavy atom. The summed E-state index contributed by atoms with van der Waals surface area (Å²) in [5.41, 5.74) is 6.87. The topological polar surface area (TPSA) is 113 Å². The second kappa shape index (κ2) is 9.90. The molecule has 4 rings (SSSR count). The highest BCUT2D eigenvalue weighted by molar-refractivity contribution is 7.78. The summed E-state index contributed by atoms with van der Waals surface area (Å²) in [5, 5.41) is 7.78. The van der Waals surface area contributed by atoms with Crippen LogP contribution in [0.4, 0.5) is 24.7 Å². The molecule has 12 heteroatoms. The number of rotatable bonds is 8. The lowest BCUT2D eigenvalue weighted by Crippen LogP contribution is -2.58. The molecule has 35 heavy (non-hydrogen) atoms. The van der Waals surface area contributed by atoms with Crippen molar-refractivity contribution in [3.63, 3.8) is 0 Å². The van der Waals surface area contributed by atoms with Crippen LogP contribution in [0.1, 0.15) is 54.9 Å². The van der Waals surface area contributed by atoms with Gasteiger partial charge in [0.05, 0.1) is 17.2 Å². The highest BCUT2D eigenvalue weighted by Gasteiger charge is 2.50. The third-order valence-electron chi connectivity index (χ3n) is 7.41. The van der Waals surface area contributed by atoms with Gasteiger partial charge < -0.3 is 15.6 Å². The third kappa shape index (κ3) is 5.54. The largest absolute Gasteiger partial charge is 0.394 e. The first kappa shape index (κ1) is 25.6. The van der Waals surface area contributed by atoms with Crippen LogP contribution in [0.5, 0.6) is 0 Å². The molecule has 2 fully saturated rings. The van der Waals surface area contributed by atoms with Crippen molar-refractivity contribution in [1.29, 1.82) is 0 Å². The Balaban J connectivity index is 1.47. The summed E-state index contributed by atoms with van der Waals surface area (Å²) in [6.07, 6.45) is 1.31. The number of alkyl halides is 3. The van der Waals surface area contributed by atoms with Crippen LogP contribution in [0, 0.1) is 5.92 Å². The second-order valence-electron chi connectivity index (χ2n) is 9.49. The summed E-state index contributed by atoms with van der Waals surface area (Å²) in [6, 6.07) is 7.02. The summed E-state index contributed by atoms with van der Waals surface area (Å²) >= 11 is -1.94. The first-order valence-corrected chi connectivity index (χ1v) is 12.9. The Hall–Kier alpha value is -2.44. The maximum atomic E-state index is 12.9. The molecule has 192 valence electrons. The maximum absolute atomic E-state index is 12.9. The van der Waals surface area contributed by atoms with Crippen molar-refractivity contribution in [1.82, 2.24) is 14.7 Å². The lowest BCUT2D eigenvalue weighted by Gasteiger charge is -2.49. The molecule has 2 aromatic rings. The van der Waals surface area contributed by atoms with Crippen molar-refractivity contribution in [3.05, 3.63) is 41.6 Å². The molecule has 1 aromatic heterocycles. The molecule has 2 heterocycles. The van der Waals surface area contributed by atoms with E-state index in [4.69, 9.17) is 10.3 Å². The number of nitrogens with two attached hydrogens (primary N) is 1. The van der Waals surface area contributed by atoms with Gasteiger partial charge in [-0.25, -0.2) is 4.21 Å². The van der Waals surface area contributed by atoms with Crippen LogP contribution >= 0.6 is 0 Å². The molecule has 1 saturated heterocycles. The number of primary amides is 1. The lowest BCUT2D eigenvalue weighted by atomic mass is 9.76. The van der Waals surface area contributed by atoms with Crippen molar-refractivity contribution in [2.75, 3.05) is 18.4 Å². The number of amides is 1. The van der Waals surface area contributed by atoms with E-state index in [2.05, 4.69) is 10.4 Å². The number of hydrogen-bond donors (Lipinski definition) is 3. The van der Waals surface area contributed by atoms with E-state index in [0.717, 1.165) is 32.1 Å². The first-order valence-electron chi connectivity index (χ1n) is 11.6. The Kier molecular flexibility index (Phi) is 7.26. The number of likely N-dealkylation sites (tertiary alicyclic amines) is 1. The maximum Gasteiger partial charge on any atom is 0.394 e. The van der Waals surface area contributed by atoms with Gasteiger partial charge in [-0.1, -0.05) is 19.1 Å². The average Bonchev–Trinajstić information content (AvgIpc) is 3.18. The summed E-state index contributed by atoms with van der Waals surface area (Å²) in [4.78, 5) is 14.1.